The molecule has 3 rings (SSSR count). The van der Waals surface area contributed by atoms with Crippen molar-refractivity contribution in [2.24, 2.45) is 0 Å². The molecule has 0 bridgehead atoms. The first kappa shape index (κ1) is 17.7. The summed E-state index contributed by atoms with van der Waals surface area (Å²) in [5, 5.41) is 6.32. The molecule has 26 heavy (non-hydrogen) atoms. The van der Waals surface area contributed by atoms with Gasteiger partial charge in [0.15, 0.2) is 0 Å². The van der Waals surface area contributed by atoms with E-state index in [2.05, 4.69) is 28.6 Å². The lowest BCUT2D eigenvalue weighted by Gasteiger charge is -2.12. The van der Waals surface area contributed by atoms with Gasteiger partial charge in [-0.15, -0.1) is 0 Å². The monoisotopic (exact) mass is 345 g/mol. The zero-order valence-corrected chi connectivity index (χ0v) is 15.1. The molecule has 0 spiro atoms. The van der Waals surface area contributed by atoms with E-state index >= 15 is 0 Å². The molecule has 0 atom stereocenters. The van der Waals surface area contributed by atoms with Crippen LogP contribution < -0.4 is 10.6 Å². The number of carbonyl (C=O) groups is 1. The van der Waals surface area contributed by atoms with Gasteiger partial charge in [0.05, 0.1) is 17.4 Å². The SMILES string of the molecule is CCc1ccccc1Nc1cncc(C(=O)NCc2ccccc2C)c1. The van der Waals surface area contributed by atoms with Crippen LogP contribution >= 0.6 is 0 Å². The number of aryl methyl sites for hydroxylation is 2. The van der Waals surface area contributed by atoms with Crippen molar-refractivity contribution in [1.82, 2.24) is 10.3 Å². The summed E-state index contributed by atoms with van der Waals surface area (Å²) >= 11 is 0. The zero-order chi connectivity index (χ0) is 18.4. The first-order chi connectivity index (χ1) is 12.7. The average Bonchev–Trinajstić information content (AvgIpc) is 2.68. The van der Waals surface area contributed by atoms with Gasteiger partial charge in [0.25, 0.3) is 5.91 Å². The van der Waals surface area contributed by atoms with Crippen molar-refractivity contribution in [2.75, 3.05) is 5.32 Å². The van der Waals surface area contributed by atoms with Crippen LogP contribution in [0.2, 0.25) is 0 Å². The summed E-state index contributed by atoms with van der Waals surface area (Å²) in [5.74, 6) is -0.131. The largest absolute Gasteiger partial charge is 0.354 e. The number of para-hydroxylation sites is 1. The van der Waals surface area contributed by atoms with Crippen LogP contribution in [-0.2, 0) is 13.0 Å². The quantitative estimate of drug-likeness (QED) is 0.685. The molecule has 1 aromatic heterocycles. The van der Waals surface area contributed by atoms with E-state index in [-0.39, 0.29) is 5.91 Å². The summed E-state index contributed by atoms with van der Waals surface area (Å²) in [5.41, 5.74) is 5.88. The van der Waals surface area contributed by atoms with Crippen LogP contribution in [0, 0.1) is 6.92 Å². The minimum Gasteiger partial charge on any atom is -0.354 e. The zero-order valence-electron chi connectivity index (χ0n) is 15.1. The number of anilines is 2. The highest BCUT2D eigenvalue weighted by Gasteiger charge is 2.08. The lowest BCUT2D eigenvalue weighted by molar-refractivity contribution is 0.0950. The van der Waals surface area contributed by atoms with Crippen LogP contribution in [0.1, 0.15) is 34.0 Å². The molecule has 2 N–H and O–H groups in total. The maximum atomic E-state index is 12.5. The molecule has 4 heteroatoms. The van der Waals surface area contributed by atoms with Crippen molar-refractivity contribution >= 4 is 17.3 Å². The van der Waals surface area contributed by atoms with Gasteiger partial charge in [-0.05, 0) is 42.2 Å². The molecule has 0 aliphatic carbocycles. The smallest absolute Gasteiger partial charge is 0.253 e. The third kappa shape index (κ3) is 4.28. The number of pyridine rings is 1. The molecule has 0 unspecified atom stereocenters. The van der Waals surface area contributed by atoms with Gasteiger partial charge in [0.2, 0.25) is 0 Å². The van der Waals surface area contributed by atoms with Crippen LogP contribution in [0.15, 0.2) is 67.0 Å². The van der Waals surface area contributed by atoms with Crippen molar-refractivity contribution in [3.63, 3.8) is 0 Å². The van der Waals surface area contributed by atoms with Gasteiger partial charge in [-0.3, -0.25) is 9.78 Å². The number of nitrogens with zero attached hydrogens (tertiary/aromatic N) is 1. The summed E-state index contributed by atoms with van der Waals surface area (Å²) < 4.78 is 0. The fourth-order valence-corrected chi connectivity index (χ4v) is 2.82. The highest BCUT2D eigenvalue weighted by atomic mass is 16.1. The summed E-state index contributed by atoms with van der Waals surface area (Å²) in [6, 6.07) is 18.0. The molecule has 0 aliphatic rings. The molecule has 0 saturated carbocycles. The maximum absolute atomic E-state index is 12.5. The number of aromatic nitrogens is 1. The van der Waals surface area contributed by atoms with Gasteiger partial charge in [-0.1, -0.05) is 49.4 Å². The lowest BCUT2D eigenvalue weighted by Crippen LogP contribution is -2.23. The fraction of sp³-hybridized carbons (Fsp3) is 0.182. The van der Waals surface area contributed by atoms with E-state index in [1.807, 2.05) is 55.5 Å². The standard InChI is InChI=1S/C22H23N3O/c1-3-17-9-6-7-11-21(17)25-20-12-19(13-23-15-20)22(26)24-14-18-10-5-4-8-16(18)2/h4-13,15,25H,3,14H2,1-2H3,(H,24,26). The Labute approximate surface area is 154 Å². The molecule has 0 aliphatic heterocycles. The molecule has 1 amide bonds. The summed E-state index contributed by atoms with van der Waals surface area (Å²) in [6.45, 7) is 4.66. The minimum absolute atomic E-state index is 0.131. The fourth-order valence-electron chi connectivity index (χ4n) is 2.82. The number of hydrogen-bond donors (Lipinski definition) is 2. The highest BCUT2D eigenvalue weighted by Crippen LogP contribution is 2.21. The van der Waals surface area contributed by atoms with Gasteiger partial charge in [0.1, 0.15) is 0 Å². The Bertz CT molecular complexity index is 905. The first-order valence-corrected chi connectivity index (χ1v) is 8.80. The van der Waals surface area contributed by atoms with Crippen molar-refractivity contribution in [2.45, 2.75) is 26.8 Å². The van der Waals surface area contributed by atoms with Crippen LogP contribution in [0.25, 0.3) is 0 Å². The maximum Gasteiger partial charge on any atom is 0.253 e. The van der Waals surface area contributed by atoms with Gasteiger partial charge in [-0.25, -0.2) is 0 Å². The third-order valence-electron chi connectivity index (χ3n) is 4.38. The third-order valence-corrected chi connectivity index (χ3v) is 4.38. The average molecular weight is 345 g/mol. The normalized spacial score (nSPS) is 10.4. The van der Waals surface area contributed by atoms with E-state index in [9.17, 15) is 4.79 Å². The Kier molecular flexibility index (Phi) is 5.64. The second-order valence-electron chi connectivity index (χ2n) is 6.21. The lowest BCUT2D eigenvalue weighted by atomic mass is 10.1. The summed E-state index contributed by atoms with van der Waals surface area (Å²) in [6.07, 6.45) is 4.25. The van der Waals surface area contributed by atoms with E-state index in [4.69, 9.17) is 0 Å². The van der Waals surface area contributed by atoms with E-state index in [0.29, 0.717) is 12.1 Å². The second kappa shape index (κ2) is 8.30. The van der Waals surface area contributed by atoms with Crippen LogP contribution in [0.3, 0.4) is 0 Å². The van der Waals surface area contributed by atoms with Gasteiger partial charge < -0.3 is 10.6 Å². The molecular formula is C22H23N3O. The number of hydrogen-bond acceptors (Lipinski definition) is 3. The number of benzene rings is 2. The van der Waals surface area contributed by atoms with Crippen molar-refractivity contribution in [3.05, 3.63) is 89.2 Å². The van der Waals surface area contributed by atoms with Gasteiger partial charge >= 0.3 is 0 Å². The summed E-state index contributed by atoms with van der Waals surface area (Å²) in [4.78, 5) is 16.7. The van der Waals surface area contributed by atoms with Crippen LogP contribution in [-0.4, -0.2) is 10.9 Å². The molecule has 4 nitrogen and oxygen atoms in total. The molecule has 0 radical (unpaired) electrons. The Morgan fingerprint density at radius 3 is 2.50 bits per heavy atom. The molecule has 1 heterocycles. The van der Waals surface area contributed by atoms with Crippen molar-refractivity contribution < 1.29 is 4.79 Å². The van der Waals surface area contributed by atoms with E-state index in [0.717, 1.165) is 28.9 Å². The van der Waals surface area contributed by atoms with Gasteiger partial charge in [-0.2, -0.15) is 0 Å². The Balaban J connectivity index is 1.70. The number of carbonyl (C=O) groups excluding carboxylic acids is 1. The van der Waals surface area contributed by atoms with Crippen LogP contribution in [0.5, 0.6) is 0 Å². The Hall–Kier alpha value is -3.14. The Morgan fingerprint density at radius 2 is 1.73 bits per heavy atom. The number of nitrogens with one attached hydrogen (secondary N) is 2. The van der Waals surface area contributed by atoms with E-state index < -0.39 is 0 Å². The molecule has 2 aromatic carbocycles. The number of amides is 1. The molecular weight excluding hydrogens is 322 g/mol. The van der Waals surface area contributed by atoms with Crippen LogP contribution in [0.4, 0.5) is 11.4 Å². The minimum atomic E-state index is -0.131. The Morgan fingerprint density at radius 1 is 1.00 bits per heavy atom. The first-order valence-electron chi connectivity index (χ1n) is 8.80. The number of rotatable bonds is 6. The van der Waals surface area contributed by atoms with E-state index in [1.165, 1.54) is 5.56 Å². The highest BCUT2D eigenvalue weighted by molar-refractivity contribution is 5.94. The molecule has 0 saturated heterocycles. The predicted octanol–water partition coefficient (Wildman–Crippen LogP) is 4.63. The topological polar surface area (TPSA) is 54.0 Å². The molecule has 132 valence electrons. The summed E-state index contributed by atoms with van der Waals surface area (Å²) in [7, 11) is 0. The van der Waals surface area contributed by atoms with Crippen molar-refractivity contribution in [1.29, 1.82) is 0 Å². The van der Waals surface area contributed by atoms with Gasteiger partial charge in [0, 0.05) is 18.4 Å². The van der Waals surface area contributed by atoms with Crippen molar-refractivity contribution in [3.8, 4) is 0 Å². The molecule has 3 aromatic rings. The predicted molar refractivity (Wildman–Crippen MR) is 106 cm³/mol. The van der Waals surface area contributed by atoms with E-state index in [1.54, 1.807) is 12.4 Å². The second-order valence-corrected chi connectivity index (χ2v) is 6.21. The molecule has 0 fully saturated rings.